The second kappa shape index (κ2) is 8.07. The molecule has 2 aromatic rings. The molecule has 1 heterocycles. The lowest BCUT2D eigenvalue weighted by atomic mass is 10.1. The first-order chi connectivity index (χ1) is 14.6. The summed E-state index contributed by atoms with van der Waals surface area (Å²) >= 11 is 12.5. The Morgan fingerprint density at radius 1 is 1.13 bits per heavy atom. The van der Waals surface area contributed by atoms with E-state index in [4.69, 9.17) is 32.7 Å². The second-order valence-electron chi connectivity index (χ2n) is 8.46. The van der Waals surface area contributed by atoms with Crippen molar-refractivity contribution in [1.82, 2.24) is 4.90 Å². The zero-order valence-electron chi connectivity index (χ0n) is 16.9. The average molecular weight is 446 g/mol. The summed E-state index contributed by atoms with van der Waals surface area (Å²) in [6, 6.07) is 12.3. The van der Waals surface area contributed by atoms with E-state index < -0.39 is 0 Å². The first-order valence-corrected chi connectivity index (χ1v) is 11.4. The van der Waals surface area contributed by atoms with Gasteiger partial charge in [-0.3, -0.25) is 9.69 Å². The maximum absolute atomic E-state index is 12.0. The number of carbonyl (C=O) groups excluding carboxylic acids is 1. The van der Waals surface area contributed by atoms with E-state index >= 15 is 0 Å². The van der Waals surface area contributed by atoms with Crippen LogP contribution < -0.4 is 4.74 Å². The highest BCUT2D eigenvalue weighted by atomic mass is 35.5. The first-order valence-electron chi connectivity index (χ1n) is 10.7. The number of fused-ring (bicyclic) bond motifs is 2. The molecular weight excluding hydrogens is 421 g/mol. The van der Waals surface area contributed by atoms with Crippen LogP contribution in [0.2, 0.25) is 10.0 Å². The number of hydrogen-bond donors (Lipinski definition) is 0. The number of aryl methyl sites for hydroxylation is 1. The van der Waals surface area contributed by atoms with Crippen molar-refractivity contribution in [3.8, 4) is 5.75 Å². The lowest BCUT2D eigenvalue weighted by Crippen LogP contribution is -2.30. The van der Waals surface area contributed by atoms with E-state index in [2.05, 4.69) is 17.0 Å². The Bertz CT molecular complexity index is 947. The molecular formula is C24H25Cl2NO3. The molecule has 0 radical (unpaired) electrons. The maximum atomic E-state index is 12.0. The molecule has 0 aromatic heterocycles. The topological polar surface area (TPSA) is 38.8 Å². The van der Waals surface area contributed by atoms with Gasteiger partial charge in [0.1, 0.15) is 12.4 Å². The minimum atomic E-state index is -0.000569. The fraction of sp³-hybridized carbons (Fsp3) is 0.458. The van der Waals surface area contributed by atoms with Crippen LogP contribution in [0.15, 0.2) is 36.4 Å². The largest absolute Gasteiger partial charge is 0.489 e. The summed E-state index contributed by atoms with van der Waals surface area (Å²) in [6.45, 7) is 4.70. The van der Waals surface area contributed by atoms with Crippen molar-refractivity contribution >= 4 is 29.2 Å². The van der Waals surface area contributed by atoms with Crippen molar-refractivity contribution in [2.45, 2.75) is 32.4 Å². The highest BCUT2D eigenvalue weighted by Crippen LogP contribution is 2.55. The summed E-state index contributed by atoms with van der Waals surface area (Å²) in [5.74, 6) is 1.94. The molecule has 2 aliphatic carbocycles. The molecule has 0 bridgehead atoms. The van der Waals surface area contributed by atoms with Crippen LogP contribution in [0.5, 0.6) is 5.75 Å². The number of ether oxygens (including phenoxy) is 2. The summed E-state index contributed by atoms with van der Waals surface area (Å²) in [6.07, 6.45) is 2.18. The van der Waals surface area contributed by atoms with Gasteiger partial charge in [-0.1, -0.05) is 35.3 Å². The first kappa shape index (κ1) is 20.2. The third kappa shape index (κ3) is 3.59. The van der Waals surface area contributed by atoms with Gasteiger partial charge < -0.3 is 9.47 Å². The van der Waals surface area contributed by atoms with Crippen LogP contribution in [0.4, 0.5) is 0 Å². The van der Waals surface area contributed by atoms with E-state index in [1.807, 2.05) is 31.2 Å². The summed E-state index contributed by atoms with van der Waals surface area (Å²) in [7, 11) is 0. The van der Waals surface area contributed by atoms with E-state index in [9.17, 15) is 4.79 Å². The van der Waals surface area contributed by atoms with Crippen LogP contribution in [0.25, 0.3) is 0 Å². The second-order valence-corrected chi connectivity index (χ2v) is 9.28. The van der Waals surface area contributed by atoms with E-state index in [1.165, 1.54) is 11.1 Å². The van der Waals surface area contributed by atoms with E-state index in [0.29, 0.717) is 41.1 Å². The summed E-state index contributed by atoms with van der Waals surface area (Å²) in [5.41, 5.74) is 3.56. The Balaban J connectivity index is 1.22. The standard InChI is InChI=1S/C24H25Cl2NO3/c1-2-29-24(28)23-17-11-27(12-18(17)23)22-9-6-14-10-15(7-8-16(14)22)30-13-19-20(25)4-3-5-21(19)26/h3-5,7-8,10,17-18,22-23H,2,6,9,11-13H2,1H3/t17-,18?,22?,23?/m0/s1. The predicted octanol–water partition coefficient (Wildman–Crippen LogP) is 5.30. The Kier molecular flexibility index (Phi) is 5.42. The van der Waals surface area contributed by atoms with Gasteiger partial charge in [-0.25, -0.2) is 0 Å². The molecule has 1 saturated heterocycles. The van der Waals surface area contributed by atoms with Crippen LogP contribution in [-0.4, -0.2) is 30.6 Å². The van der Waals surface area contributed by atoms with Gasteiger partial charge >= 0.3 is 5.97 Å². The van der Waals surface area contributed by atoms with Crippen molar-refractivity contribution in [2.24, 2.45) is 17.8 Å². The Hall–Kier alpha value is -1.75. The molecule has 4 atom stereocenters. The van der Waals surface area contributed by atoms with Crippen molar-refractivity contribution in [1.29, 1.82) is 0 Å². The lowest BCUT2D eigenvalue weighted by Gasteiger charge is -2.27. The molecule has 1 aliphatic heterocycles. The zero-order valence-corrected chi connectivity index (χ0v) is 18.5. The number of piperidine rings is 1. The molecule has 1 saturated carbocycles. The Morgan fingerprint density at radius 2 is 1.87 bits per heavy atom. The highest BCUT2D eigenvalue weighted by molar-refractivity contribution is 6.35. The molecule has 0 amide bonds. The van der Waals surface area contributed by atoms with Crippen molar-refractivity contribution < 1.29 is 14.3 Å². The molecule has 30 heavy (non-hydrogen) atoms. The van der Waals surface area contributed by atoms with Gasteiger partial charge in [0.05, 0.1) is 12.5 Å². The SMILES string of the molecule is CCOC(=O)C1C2CN(C3CCc4cc(OCc5c(Cl)cccc5Cl)ccc43)C[C@@H]21. The van der Waals surface area contributed by atoms with Crippen LogP contribution in [0.1, 0.15) is 36.1 Å². The molecule has 0 spiro atoms. The van der Waals surface area contributed by atoms with Crippen molar-refractivity contribution in [2.75, 3.05) is 19.7 Å². The number of rotatable bonds is 6. The van der Waals surface area contributed by atoms with E-state index in [0.717, 1.165) is 37.2 Å². The fourth-order valence-corrected chi connectivity index (χ4v) is 5.77. The molecule has 2 fully saturated rings. The van der Waals surface area contributed by atoms with E-state index in [-0.39, 0.29) is 11.9 Å². The molecule has 5 rings (SSSR count). The molecule has 4 nitrogen and oxygen atoms in total. The monoisotopic (exact) mass is 445 g/mol. The van der Waals surface area contributed by atoms with Gasteiger partial charge in [0.2, 0.25) is 0 Å². The van der Waals surface area contributed by atoms with Crippen molar-refractivity contribution in [3.63, 3.8) is 0 Å². The van der Waals surface area contributed by atoms with Gasteiger partial charge in [-0.2, -0.15) is 0 Å². The lowest BCUT2D eigenvalue weighted by molar-refractivity contribution is -0.145. The van der Waals surface area contributed by atoms with Crippen LogP contribution >= 0.6 is 23.2 Å². The number of carbonyl (C=O) groups is 1. The Labute approximate surface area is 187 Å². The molecule has 3 aliphatic rings. The maximum Gasteiger partial charge on any atom is 0.309 e. The number of hydrogen-bond acceptors (Lipinski definition) is 4. The fourth-order valence-electron chi connectivity index (χ4n) is 5.27. The number of esters is 1. The summed E-state index contributed by atoms with van der Waals surface area (Å²) in [4.78, 5) is 14.6. The normalized spacial score (nSPS) is 26.9. The quantitative estimate of drug-likeness (QED) is 0.565. The molecule has 6 heteroatoms. The predicted molar refractivity (Wildman–Crippen MR) is 117 cm³/mol. The number of likely N-dealkylation sites (tertiary alicyclic amines) is 1. The number of nitrogens with zero attached hydrogens (tertiary/aromatic N) is 1. The molecule has 158 valence electrons. The summed E-state index contributed by atoms with van der Waals surface area (Å²) in [5, 5.41) is 1.25. The van der Waals surface area contributed by atoms with Crippen molar-refractivity contribution in [3.05, 3.63) is 63.1 Å². The Morgan fingerprint density at radius 3 is 2.57 bits per heavy atom. The smallest absolute Gasteiger partial charge is 0.309 e. The van der Waals surface area contributed by atoms with Gasteiger partial charge in [0, 0.05) is 34.7 Å². The molecule has 3 unspecified atom stereocenters. The zero-order chi connectivity index (χ0) is 20.8. The van der Waals surface area contributed by atoms with Gasteiger partial charge in [-0.15, -0.1) is 0 Å². The highest BCUT2D eigenvalue weighted by Gasteiger charge is 2.61. The minimum Gasteiger partial charge on any atom is -0.489 e. The van der Waals surface area contributed by atoms with Gasteiger partial charge in [0.25, 0.3) is 0 Å². The third-order valence-corrected chi connectivity index (χ3v) is 7.54. The number of benzene rings is 2. The molecule has 2 aromatic carbocycles. The molecule has 0 N–H and O–H groups in total. The van der Waals surface area contributed by atoms with Crippen LogP contribution in [0, 0.1) is 17.8 Å². The van der Waals surface area contributed by atoms with E-state index in [1.54, 1.807) is 0 Å². The van der Waals surface area contributed by atoms with Gasteiger partial charge in [0.15, 0.2) is 0 Å². The third-order valence-electron chi connectivity index (χ3n) is 6.83. The van der Waals surface area contributed by atoms with Crippen LogP contribution in [0.3, 0.4) is 0 Å². The number of halogens is 2. The summed E-state index contributed by atoms with van der Waals surface area (Å²) < 4.78 is 11.2. The average Bonchev–Trinajstić information content (AvgIpc) is 3.05. The van der Waals surface area contributed by atoms with Crippen LogP contribution in [-0.2, 0) is 22.6 Å². The minimum absolute atomic E-state index is 0.000569. The van der Waals surface area contributed by atoms with Gasteiger partial charge in [-0.05, 0) is 67.0 Å².